The van der Waals surface area contributed by atoms with Gasteiger partial charge in [-0.1, -0.05) is 13.0 Å². The monoisotopic (exact) mass is 437 g/mol. The van der Waals surface area contributed by atoms with Crippen molar-refractivity contribution >= 4 is 17.5 Å². The predicted molar refractivity (Wildman–Crippen MR) is 105 cm³/mol. The molecule has 3 N–H and O–H groups in total. The van der Waals surface area contributed by atoms with E-state index in [1.54, 1.807) is 20.8 Å². The molecular formula is C21H22F3N3O4. The molecule has 3 atom stereocenters. The molecular weight excluding hydrogens is 415 g/mol. The Morgan fingerprint density at radius 3 is 2.52 bits per heavy atom. The van der Waals surface area contributed by atoms with Gasteiger partial charge >= 0.3 is 0 Å². The SMILES string of the molecule is COc1c([C@H]2[C@H](C(=O)Nc3cc(C(N)=O)ncc3F)OC(C)(C)[C@H]2C)ccc(F)c1F. The zero-order valence-electron chi connectivity index (χ0n) is 17.3. The number of hydrogen-bond acceptors (Lipinski definition) is 5. The molecule has 10 heteroatoms. The van der Waals surface area contributed by atoms with Crippen LogP contribution in [0.4, 0.5) is 18.9 Å². The van der Waals surface area contributed by atoms with Gasteiger partial charge in [0.15, 0.2) is 17.4 Å². The van der Waals surface area contributed by atoms with Gasteiger partial charge in [0.25, 0.3) is 11.8 Å². The molecule has 0 unspecified atom stereocenters. The highest BCUT2D eigenvalue weighted by Gasteiger charge is 2.51. The molecule has 2 amide bonds. The molecule has 0 saturated carbocycles. The number of halogens is 3. The molecule has 2 heterocycles. The van der Waals surface area contributed by atoms with E-state index in [0.717, 1.165) is 18.3 Å². The first kappa shape index (κ1) is 22.5. The number of carbonyl (C=O) groups excluding carboxylic acids is 2. The number of methoxy groups -OCH3 is 1. The number of amides is 2. The quantitative estimate of drug-likeness (QED) is 0.748. The van der Waals surface area contributed by atoms with Crippen LogP contribution in [0.25, 0.3) is 0 Å². The molecule has 3 rings (SSSR count). The highest BCUT2D eigenvalue weighted by atomic mass is 19.2. The third kappa shape index (κ3) is 4.07. The molecule has 1 aliphatic rings. The number of pyridine rings is 1. The first-order chi connectivity index (χ1) is 14.5. The molecule has 31 heavy (non-hydrogen) atoms. The first-order valence-corrected chi connectivity index (χ1v) is 9.43. The van der Waals surface area contributed by atoms with E-state index >= 15 is 0 Å². The highest BCUT2D eigenvalue weighted by Crippen LogP contribution is 2.49. The molecule has 1 aromatic heterocycles. The molecule has 0 aliphatic carbocycles. The lowest BCUT2D eigenvalue weighted by atomic mass is 9.78. The van der Waals surface area contributed by atoms with E-state index in [9.17, 15) is 22.8 Å². The first-order valence-electron chi connectivity index (χ1n) is 9.43. The number of anilines is 1. The van der Waals surface area contributed by atoms with Crippen LogP contribution >= 0.6 is 0 Å². The fourth-order valence-electron chi connectivity index (χ4n) is 3.74. The molecule has 2 aromatic rings. The number of rotatable bonds is 5. The van der Waals surface area contributed by atoms with Crippen LogP contribution in [-0.4, -0.2) is 35.6 Å². The molecule has 0 bridgehead atoms. The number of carbonyl (C=O) groups is 2. The highest BCUT2D eigenvalue weighted by molar-refractivity contribution is 5.97. The van der Waals surface area contributed by atoms with Gasteiger partial charge in [-0.25, -0.2) is 13.8 Å². The lowest BCUT2D eigenvalue weighted by Crippen LogP contribution is -2.33. The Bertz CT molecular complexity index is 1040. The summed E-state index contributed by atoms with van der Waals surface area (Å²) in [5, 5.41) is 2.37. The standard InChI is InChI=1S/C21H22F3N3O4/c1-9-15(10-5-6-11(22)16(24)17(10)30-4)18(31-21(9,2)3)20(29)27-13-7-14(19(25)28)26-8-12(13)23/h5-9,15,18H,1-4H3,(H2,25,28)(H,26,27,29)/t9-,15-,18+/m0/s1. The number of aromatic nitrogens is 1. The Morgan fingerprint density at radius 2 is 1.90 bits per heavy atom. The van der Waals surface area contributed by atoms with Gasteiger partial charge in [0.2, 0.25) is 5.82 Å². The number of benzene rings is 1. The minimum absolute atomic E-state index is 0.239. The van der Waals surface area contributed by atoms with Crippen molar-refractivity contribution in [2.75, 3.05) is 12.4 Å². The van der Waals surface area contributed by atoms with E-state index in [1.807, 2.05) is 0 Å². The van der Waals surface area contributed by atoms with Crippen LogP contribution < -0.4 is 15.8 Å². The smallest absolute Gasteiger partial charge is 0.267 e. The van der Waals surface area contributed by atoms with Gasteiger partial charge in [-0.15, -0.1) is 0 Å². The maximum Gasteiger partial charge on any atom is 0.267 e. The van der Waals surface area contributed by atoms with E-state index in [2.05, 4.69) is 10.3 Å². The minimum Gasteiger partial charge on any atom is -0.493 e. The van der Waals surface area contributed by atoms with Gasteiger partial charge < -0.3 is 20.5 Å². The zero-order valence-corrected chi connectivity index (χ0v) is 17.3. The van der Waals surface area contributed by atoms with Gasteiger partial charge in [0.05, 0.1) is 24.6 Å². The summed E-state index contributed by atoms with van der Waals surface area (Å²) in [7, 11) is 1.19. The molecule has 166 valence electrons. The van der Waals surface area contributed by atoms with Crippen LogP contribution in [0.15, 0.2) is 24.4 Å². The van der Waals surface area contributed by atoms with Gasteiger partial charge in [0.1, 0.15) is 11.8 Å². The van der Waals surface area contributed by atoms with Crippen LogP contribution in [0.3, 0.4) is 0 Å². The van der Waals surface area contributed by atoms with E-state index in [0.29, 0.717) is 0 Å². The van der Waals surface area contributed by atoms with Crippen molar-refractivity contribution in [1.29, 1.82) is 0 Å². The Labute approximate surface area is 176 Å². The minimum atomic E-state index is -1.19. The summed E-state index contributed by atoms with van der Waals surface area (Å²) in [6, 6.07) is 3.29. The van der Waals surface area contributed by atoms with Gasteiger partial charge in [-0.05, 0) is 31.9 Å². The van der Waals surface area contributed by atoms with E-state index in [4.69, 9.17) is 15.2 Å². The Kier molecular flexibility index (Phi) is 5.95. The number of nitrogens with two attached hydrogens (primary N) is 1. The van der Waals surface area contributed by atoms with Crippen molar-refractivity contribution < 1.29 is 32.2 Å². The van der Waals surface area contributed by atoms with Crippen molar-refractivity contribution in [1.82, 2.24) is 4.98 Å². The largest absolute Gasteiger partial charge is 0.493 e. The summed E-state index contributed by atoms with van der Waals surface area (Å²) < 4.78 is 53.2. The molecule has 1 fully saturated rings. The number of ether oxygens (including phenoxy) is 2. The molecule has 0 spiro atoms. The van der Waals surface area contributed by atoms with Crippen molar-refractivity contribution in [3.63, 3.8) is 0 Å². The third-order valence-electron chi connectivity index (χ3n) is 5.66. The summed E-state index contributed by atoms with van der Waals surface area (Å²) in [6.07, 6.45) is -0.429. The molecule has 1 aromatic carbocycles. The van der Waals surface area contributed by atoms with Crippen molar-refractivity contribution in [3.05, 3.63) is 53.1 Å². The fraction of sp³-hybridized carbons (Fsp3) is 0.381. The Morgan fingerprint density at radius 1 is 1.23 bits per heavy atom. The fourth-order valence-corrected chi connectivity index (χ4v) is 3.74. The van der Waals surface area contributed by atoms with E-state index in [1.165, 1.54) is 13.2 Å². The van der Waals surface area contributed by atoms with Gasteiger partial charge in [-0.2, -0.15) is 4.39 Å². The average molecular weight is 437 g/mol. The molecule has 1 aliphatic heterocycles. The number of nitrogens with zero attached hydrogens (tertiary/aromatic N) is 1. The number of hydrogen-bond donors (Lipinski definition) is 2. The summed E-state index contributed by atoms with van der Waals surface area (Å²) >= 11 is 0. The summed E-state index contributed by atoms with van der Waals surface area (Å²) in [5.41, 5.74) is 4.02. The van der Waals surface area contributed by atoms with Crippen LogP contribution in [0, 0.1) is 23.4 Å². The molecule has 1 saturated heterocycles. The summed E-state index contributed by atoms with van der Waals surface area (Å²) in [6.45, 7) is 5.31. The van der Waals surface area contributed by atoms with Crippen molar-refractivity contribution in [3.8, 4) is 5.75 Å². The summed E-state index contributed by atoms with van der Waals surface area (Å²) in [5.74, 6) is -6.19. The lowest BCUT2D eigenvalue weighted by Gasteiger charge is -2.25. The van der Waals surface area contributed by atoms with E-state index in [-0.39, 0.29) is 28.6 Å². The second-order valence-corrected chi connectivity index (χ2v) is 7.84. The topological polar surface area (TPSA) is 104 Å². The normalized spacial score (nSPS) is 22.2. The van der Waals surface area contributed by atoms with Crippen LogP contribution in [0.5, 0.6) is 5.75 Å². The van der Waals surface area contributed by atoms with Gasteiger partial charge in [0, 0.05) is 11.5 Å². The lowest BCUT2D eigenvalue weighted by molar-refractivity contribution is -0.131. The molecule has 7 nitrogen and oxygen atoms in total. The van der Waals surface area contributed by atoms with Crippen molar-refractivity contribution in [2.24, 2.45) is 11.7 Å². The maximum absolute atomic E-state index is 14.3. The van der Waals surface area contributed by atoms with Gasteiger partial charge in [-0.3, -0.25) is 9.59 Å². The van der Waals surface area contributed by atoms with Crippen molar-refractivity contribution in [2.45, 2.75) is 38.4 Å². The average Bonchev–Trinajstić information content (AvgIpc) is 2.95. The number of nitrogens with one attached hydrogen (secondary N) is 1. The summed E-state index contributed by atoms with van der Waals surface area (Å²) in [4.78, 5) is 27.9. The second kappa shape index (κ2) is 8.18. The Balaban J connectivity index is 2.02. The Hall–Kier alpha value is -3.14. The van der Waals surface area contributed by atoms with E-state index < -0.39 is 46.9 Å². The zero-order chi connectivity index (χ0) is 23.1. The number of primary amides is 1. The van der Waals surface area contributed by atoms with Crippen LogP contribution in [0.1, 0.15) is 42.7 Å². The van der Waals surface area contributed by atoms with Crippen LogP contribution in [-0.2, 0) is 9.53 Å². The second-order valence-electron chi connectivity index (χ2n) is 7.84. The third-order valence-corrected chi connectivity index (χ3v) is 5.66. The molecule has 0 radical (unpaired) electrons. The maximum atomic E-state index is 14.3. The predicted octanol–water partition coefficient (Wildman–Crippen LogP) is 3.14. The van der Waals surface area contributed by atoms with Crippen LogP contribution in [0.2, 0.25) is 0 Å².